The second-order valence-electron chi connectivity index (χ2n) is 4.75. The first-order chi connectivity index (χ1) is 11.5. The molecule has 0 saturated carbocycles. The third kappa shape index (κ3) is 3.68. The van der Waals surface area contributed by atoms with Crippen LogP contribution in [0, 0.1) is 5.82 Å². The van der Waals surface area contributed by atoms with Gasteiger partial charge in [-0.1, -0.05) is 17.7 Å². The van der Waals surface area contributed by atoms with Gasteiger partial charge in [-0.25, -0.2) is 4.39 Å². The second-order valence-corrected chi connectivity index (χ2v) is 5.15. The molecular weight excluding hydrogens is 335 g/mol. The molecule has 2 aromatic carbocycles. The number of rotatable bonds is 6. The molecule has 0 saturated heterocycles. The molecule has 0 N–H and O–H groups in total. The minimum Gasteiger partial charge on any atom is -0.493 e. The van der Waals surface area contributed by atoms with Crippen molar-refractivity contribution in [3.05, 3.63) is 58.4 Å². The summed E-state index contributed by atoms with van der Waals surface area (Å²) in [5, 5.41) is 0.226. The number of halogens is 2. The number of ketones is 1. The van der Waals surface area contributed by atoms with E-state index in [-0.39, 0.29) is 16.4 Å². The summed E-state index contributed by atoms with van der Waals surface area (Å²) in [5.41, 5.74) is 0.466. The summed E-state index contributed by atoms with van der Waals surface area (Å²) in [6.45, 7) is 0. The third-order valence-corrected chi connectivity index (χ3v) is 3.68. The van der Waals surface area contributed by atoms with E-state index in [0.29, 0.717) is 22.8 Å². The molecule has 6 heteroatoms. The minimum atomic E-state index is -0.503. The van der Waals surface area contributed by atoms with E-state index in [1.165, 1.54) is 57.7 Å². The molecule has 4 nitrogen and oxygen atoms in total. The first-order valence-corrected chi connectivity index (χ1v) is 7.36. The van der Waals surface area contributed by atoms with E-state index < -0.39 is 5.82 Å². The van der Waals surface area contributed by atoms with Crippen LogP contribution in [0.15, 0.2) is 36.4 Å². The summed E-state index contributed by atoms with van der Waals surface area (Å²) in [6.07, 6.45) is 2.58. The molecule has 0 atom stereocenters. The highest BCUT2D eigenvalue weighted by molar-refractivity contribution is 6.32. The topological polar surface area (TPSA) is 44.8 Å². The van der Waals surface area contributed by atoms with E-state index in [1.807, 2.05) is 0 Å². The average molecular weight is 351 g/mol. The van der Waals surface area contributed by atoms with Crippen LogP contribution in [-0.2, 0) is 0 Å². The summed E-state index contributed by atoms with van der Waals surface area (Å²) >= 11 is 5.93. The predicted molar refractivity (Wildman–Crippen MR) is 90.9 cm³/mol. The van der Waals surface area contributed by atoms with E-state index in [1.54, 1.807) is 6.07 Å². The van der Waals surface area contributed by atoms with Crippen molar-refractivity contribution >= 4 is 23.5 Å². The molecule has 0 fully saturated rings. The SMILES string of the molecule is COc1cc(C(=O)C=Cc2c(F)cccc2Cl)cc(OC)c1OC. The molecule has 2 rings (SSSR count). The molecule has 0 aliphatic heterocycles. The van der Waals surface area contributed by atoms with Gasteiger partial charge in [-0.2, -0.15) is 0 Å². The fourth-order valence-corrected chi connectivity index (χ4v) is 2.37. The van der Waals surface area contributed by atoms with Gasteiger partial charge >= 0.3 is 0 Å². The Labute approximate surface area is 144 Å². The molecule has 0 radical (unpaired) electrons. The molecule has 24 heavy (non-hydrogen) atoms. The Hall–Kier alpha value is -2.53. The van der Waals surface area contributed by atoms with Gasteiger partial charge in [0.05, 0.1) is 26.4 Å². The van der Waals surface area contributed by atoms with Gasteiger partial charge in [0.2, 0.25) is 5.75 Å². The van der Waals surface area contributed by atoms with Crippen LogP contribution in [0.2, 0.25) is 5.02 Å². The van der Waals surface area contributed by atoms with E-state index in [0.717, 1.165) is 0 Å². The summed E-state index contributed by atoms with van der Waals surface area (Å²) in [7, 11) is 4.39. The summed E-state index contributed by atoms with van der Waals surface area (Å²) in [6, 6.07) is 7.37. The van der Waals surface area contributed by atoms with Gasteiger partial charge in [-0.3, -0.25) is 4.79 Å². The van der Waals surface area contributed by atoms with Gasteiger partial charge in [-0.15, -0.1) is 0 Å². The van der Waals surface area contributed by atoms with Gasteiger partial charge in [-0.05, 0) is 36.4 Å². The molecule has 0 unspecified atom stereocenters. The zero-order chi connectivity index (χ0) is 17.7. The number of carbonyl (C=O) groups is 1. The molecule has 0 aliphatic carbocycles. The summed E-state index contributed by atoms with van der Waals surface area (Å²) in [4.78, 5) is 12.4. The van der Waals surface area contributed by atoms with Crippen LogP contribution in [0.3, 0.4) is 0 Å². The average Bonchev–Trinajstić information content (AvgIpc) is 2.59. The maximum absolute atomic E-state index is 13.7. The van der Waals surface area contributed by atoms with Crippen LogP contribution in [0.25, 0.3) is 6.08 Å². The maximum Gasteiger partial charge on any atom is 0.203 e. The molecule has 0 aromatic heterocycles. The number of methoxy groups -OCH3 is 3. The largest absolute Gasteiger partial charge is 0.493 e. The quantitative estimate of drug-likeness (QED) is 0.572. The van der Waals surface area contributed by atoms with Crippen LogP contribution in [-0.4, -0.2) is 27.1 Å². The van der Waals surface area contributed by atoms with Crippen molar-refractivity contribution in [2.24, 2.45) is 0 Å². The molecular formula is C18H16ClFO4. The zero-order valence-electron chi connectivity index (χ0n) is 13.4. The molecule has 0 spiro atoms. The van der Waals surface area contributed by atoms with Crippen molar-refractivity contribution in [2.75, 3.05) is 21.3 Å². The standard InChI is InChI=1S/C18H16ClFO4/c1-22-16-9-11(10-17(23-2)18(16)24-3)15(21)8-7-12-13(19)5-4-6-14(12)20/h4-10H,1-3H3. The van der Waals surface area contributed by atoms with Crippen molar-refractivity contribution in [1.82, 2.24) is 0 Å². The summed E-state index contributed by atoms with van der Waals surface area (Å²) in [5.74, 6) is 0.248. The van der Waals surface area contributed by atoms with Crippen LogP contribution in [0.4, 0.5) is 4.39 Å². The fraction of sp³-hybridized carbons (Fsp3) is 0.167. The number of hydrogen-bond acceptors (Lipinski definition) is 4. The predicted octanol–water partition coefficient (Wildman–Crippen LogP) is 4.40. The molecule has 126 valence electrons. The maximum atomic E-state index is 13.7. The Bertz CT molecular complexity index is 741. The van der Waals surface area contributed by atoms with Crippen LogP contribution in [0.5, 0.6) is 17.2 Å². The first kappa shape index (κ1) is 17.8. The lowest BCUT2D eigenvalue weighted by atomic mass is 10.1. The zero-order valence-corrected chi connectivity index (χ0v) is 14.2. The molecule has 0 heterocycles. The van der Waals surface area contributed by atoms with E-state index >= 15 is 0 Å². The van der Waals surface area contributed by atoms with Gasteiger partial charge in [0.1, 0.15) is 5.82 Å². The van der Waals surface area contributed by atoms with E-state index in [9.17, 15) is 9.18 Å². The Morgan fingerprint density at radius 2 is 1.71 bits per heavy atom. The van der Waals surface area contributed by atoms with Gasteiger partial charge in [0, 0.05) is 11.1 Å². The lowest BCUT2D eigenvalue weighted by Gasteiger charge is -2.13. The number of ether oxygens (including phenoxy) is 3. The number of carbonyl (C=O) groups excluding carboxylic acids is 1. The van der Waals surface area contributed by atoms with E-state index in [4.69, 9.17) is 25.8 Å². The fourth-order valence-electron chi connectivity index (χ4n) is 2.15. The minimum absolute atomic E-state index is 0.153. The van der Waals surface area contributed by atoms with Crippen molar-refractivity contribution in [3.63, 3.8) is 0 Å². The van der Waals surface area contributed by atoms with Crippen LogP contribution < -0.4 is 14.2 Å². The Morgan fingerprint density at radius 1 is 1.08 bits per heavy atom. The third-order valence-electron chi connectivity index (χ3n) is 3.35. The second kappa shape index (κ2) is 7.84. The van der Waals surface area contributed by atoms with Crippen LogP contribution >= 0.6 is 11.6 Å². The van der Waals surface area contributed by atoms with Crippen molar-refractivity contribution in [2.45, 2.75) is 0 Å². The first-order valence-electron chi connectivity index (χ1n) is 6.98. The number of benzene rings is 2. The Morgan fingerprint density at radius 3 is 2.21 bits per heavy atom. The summed E-state index contributed by atoms with van der Waals surface area (Å²) < 4.78 is 29.4. The van der Waals surface area contributed by atoms with Crippen molar-refractivity contribution < 1.29 is 23.4 Å². The smallest absolute Gasteiger partial charge is 0.203 e. The highest BCUT2D eigenvalue weighted by atomic mass is 35.5. The van der Waals surface area contributed by atoms with Crippen molar-refractivity contribution in [3.8, 4) is 17.2 Å². The van der Waals surface area contributed by atoms with Gasteiger partial charge in [0.25, 0.3) is 0 Å². The monoisotopic (exact) mass is 350 g/mol. The molecule has 2 aromatic rings. The lowest BCUT2D eigenvalue weighted by molar-refractivity contribution is 0.104. The number of hydrogen-bond donors (Lipinski definition) is 0. The van der Waals surface area contributed by atoms with Gasteiger partial charge < -0.3 is 14.2 Å². The molecule has 0 aliphatic rings. The van der Waals surface area contributed by atoms with Crippen molar-refractivity contribution in [1.29, 1.82) is 0 Å². The number of allylic oxidation sites excluding steroid dienone is 1. The normalized spacial score (nSPS) is 10.7. The molecule has 0 bridgehead atoms. The Balaban J connectivity index is 2.38. The van der Waals surface area contributed by atoms with Crippen LogP contribution in [0.1, 0.15) is 15.9 Å². The lowest BCUT2D eigenvalue weighted by Crippen LogP contribution is -2.00. The molecule has 0 amide bonds. The highest BCUT2D eigenvalue weighted by Gasteiger charge is 2.16. The van der Waals surface area contributed by atoms with E-state index in [2.05, 4.69) is 0 Å². The highest BCUT2D eigenvalue weighted by Crippen LogP contribution is 2.38. The Kier molecular flexibility index (Phi) is 5.82. The van der Waals surface area contributed by atoms with Gasteiger partial charge in [0.15, 0.2) is 17.3 Å².